The van der Waals surface area contributed by atoms with E-state index in [-0.39, 0.29) is 6.04 Å². The van der Waals surface area contributed by atoms with Crippen LogP contribution in [0.15, 0.2) is 36.7 Å². The molecule has 0 bridgehead atoms. The zero-order valence-electron chi connectivity index (χ0n) is 10.9. The molecular weight excluding hydrogens is 224 g/mol. The summed E-state index contributed by atoms with van der Waals surface area (Å²) in [5, 5.41) is 0. The lowest BCUT2D eigenvalue weighted by atomic mass is 10.0. The molecule has 0 amide bonds. The first kappa shape index (κ1) is 12.8. The number of aromatic nitrogens is 2. The van der Waals surface area contributed by atoms with Crippen molar-refractivity contribution < 1.29 is 0 Å². The Balaban J connectivity index is 2.01. The second-order valence-electron chi connectivity index (χ2n) is 4.71. The average Bonchev–Trinajstić information content (AvgIpc) is 2.77. The van der Waals surface area contributed by atoms with Crippen LogP contribution >= 0.6 is 0 Å². The first-order chi connectivity index (χ1) is 8.69. The number of nitrogens with two attached hydrogens (primary N) is 1. The lowest BCUT2D eigenvalue weighted by molar-refractivity contribution is 0.504. The summed E-state index contributed by atoms with van der Waals surface area (Å²) in [5.74, 6) is 6.68. The molecule has 18 heavy (non-hydrogen) atoms. The molecule has 1 atom stereocenters. The third kappa shape index (κ3) is 3.18. The molecule has 0 saturated carbocycles. The first-order valence-corrected chi connectivity index (χ1v) is 6.17. The standard InChI is InChI=1S/C14H20N4/c1-11-3-5-12(6-4-11)9-13(17-15)10-14-16-7-8-18(14)2/h3-8,13,17H,9-10,15H2,1-2H3. The molecule has 1 unspecified atom stereocenters. The number of benzene rings is 1. The Morgan fingerprint density at radius 1 is 1.28 bits per heavy atom. The third-order valence-corrected chi connectivity index (χ3v) is 3.19. The van der Waals surface area contributed by atoms with Gasteiger partial charge in [0.2, 0.25) is 0 Å². The van der Waals surface area contributed by atoms with Gasteiger partial charge in [-0.2, -0.15) is 0 Å². The van der Waals surface area contributed by atoms with Gasteiger partial charge in [-0.1, -0.05) is 29.8 Å². The van der Waals surface area contributed by atoms with Crippen molar-refractivity contribution in [3.63, 3.8) is 0 Å². The van der Waals surface area contributed by atoms with Gasteiger partial charge < -0.3 is 4.57 Å². The van der Waals surface area contributed by atoms with Gasteiger partial charge in [0.15, 0.2) is 0 Å². The Kier molecular flexibility index (Phi) is 4.12. The highest BCUT2D eigenvalue weighted by Crippen LogP contribution is 2.09. The summed E-state index contributed by atoms with van der Waals surface area (Å²) < 4.78 is 2.03. The summed E-state index contributed by atoms with van der Waals surface area (Å²) in [4.78, 5) is 4.33. The molecular formula is C14H20N4. The lowest BCUT2D eigenvalue weighted by Gasteiger charge is -2.15. The summed E-state index contributed by atoms with van der Waals surface area (Å²) in [5.41, 5.74) is 5.44. The van der Waals surface area contributed by atoms with Gasteiger partial charge in [0.25, 0.3) is 0 Å². The van der Waals surface area contributed by atoms with Gasteiger partial charge in [-0.3, -0.25) is 11.3 Å². The van der Waals surface area contributed by atoms with Crippen molar-refractivity contribution in [2.24, 2.45) is 12.9 Å². The number of aryl methyl sites for hydroxylation is 2. The van der Waals surface area contributed by atoms with E-state index in [0.29, 0.717) is 0 Å². The van der Waals surface area contributed by atoms with Crippen molar-refractivity contribution in [1.29, 1.82) is 0 Å². The van der Waals surface area contributed by atoms with Crippen molar-refractivity contribution in [2.45, 2.75) is 25.8 Å². The number of rotatable bonds is 5. The average molecular weight is 244 g/mol. The van der Waals surface area contributed by atoms with E-state index in [1.165, 1.54) is 11.1 Å². The minimum atomic E-state index is 0.203. The van der Waals surface area contributed by atoms with Crippen molar-refractivity contribution in [3.8, 4) is 0 Å². The van der Waals surface area contributed by atoms with Crippen LogP contribution in [-0.2, 0) is 19.9 Å². The minimum Gasteiger partial charge on any atom is -0.338 e. The van der Waals surface area contributed by atoms with Gasteiger partial charge in [0, 0.05) is 31.9 Å². The Hall–Kier alpha value is -1.65. The van der Waals surface area contributed by atoms with Gasteiger partial charge in [-0.15, -0.1) is 0 Å². The maximum Gasteiger partial charge on any atom is 0.109 e. The third-order valence-electron chi connectivity index (χ3n) is 3.19. The summed E-state index contributed by atoms with van der Waals surface area (Å²) in [6, 6.07) is 8.76. The van der Waals surface area contributed by atoms with Crippen LogP contribution in [0, 0.1) is 6.92 Å². The smallest absolute Gasteiger partial charge is 0.109 e. The van der Waals surface area contributed by atoms with Gasteiger partial charge in [0.05, 0.1) is 0 Å². The van der Waals surface area contributed by atoms with E-state index in [9.17, 15) is 0 Å². The van der Waals surface area contributed by atoms with Crippen LogP contribution in [0.25, 0.3) is 0 Å². The lowest BCUT2D eigenvalue weighted by Crippen LogP contribution is -2.39. The number of hydrazine groups is 1. The molecule has 0 aliphatic rings. The van der Waals surface area contributed by atoms with Crippen LogP contribution < -0.4 is 11.3 Å². The van der Waals surface area contributed by atoms with Gasteiger partial charge in [0.1, 0.15) is 5.82 Å². The van der Waals surface area contributed by atoms with E-state index in [1.807, 2.05) is 24.0 Å². The maximum absolute atomic E-state index is 5.63. The number of nitrogens with one attached hydrogen (secondary N) is 1. The summed E-state index contributed by atoms with van der Waals surface area (Å²) in [7, 11) is 2.00. The fourth-order valence-electron chi connectivity index (χ4n) is 2.01. The maximum atomic E-state index is 5.63. The number of hydrogen-bond acceptors (Lipinski definition) is 3. The molecule has 3 N–H and O–H groups in total. The van der Waals surface area contributed by atoms with E-state index in [4.69, 9.17) is 5.84 Å². The van der Waals surface area contributed by atoms with Gasteiger partial charge >= 0.3 is 0 Å². The largest absolute Gasteiger partial charge is 0.338 e. The second-order valence-corrected chi connectivity index (χ2v) is 4.71. The Morgan fingerprint density at radius 3 is 2.56 bits per heavy atom. The molecule has 0 aliphatic heterocycles. The van der Waals surface area contributed by atoms with E-state index in [1.54, 1.807) is 0 Å². The number of hydrogen-bond donors (Lipinski definition) is 2. The first-order valence-electron chi connectivity index (χ1n) is 6.17. The highest BCUT2D eigenvalue weighted by molar-refractivity contribution is 5.22. The van der Waals surface area contributed by atoms with Crippen LogP contribution in [0.5, 0.6) is 0 Å². The molecule has 2 rings (SSSR count). The molecule has 1 heterocycles. The Bertz CT molecular complexity index is 487. The molecule has 4 heteroatoms. The Morgan fingerprint density at radius 2 is 2.00 bits per heavy atom. The number of nitrogens with zero attached hydrogens (tertiary/aromatic N) is 2. The molecule has 0 aliphatic carbocycles. The topological polar surface area (TPSA) is 55.9 Å². The molecule has 4 nitrogen and oxygen atoms in total. The van der Waals surface area contributed by atoms with Crippen LogP contribution in [0.3, 0.4) is 0 Å². The van der Waals surface area contributed by atoms with Crippen LogP contribution in [-0.4, -0.2) is 15.6 Å². The molecule has 0 fully saturated rings. The molecule has 0 spiro atoms. The number of imidazole rings is 1. The SMILES string of the molecule is Cc1ccc(CC(Cc2nccn2C)NN)cc1. The highest BCUT2D eigenvalue weighted by atomic mass is 15.2. The fourth-order valence-corrected chi connectivity index (χ4v) is 2.01. The predicted octanol–water partition coefficient (Wildman–Crippen LogP) is 1.35. The minimum absolute atomic E-state index is 0.203. The normalized spacial score (nSPS) is 12.6. The van der Waals surface area contributed by atoms with Crippen molar-refractivity contribution in [2.75, 3.05) is 0 Å². The van der Waals surface area contributed by atoms with E-state index < -0.39 is 0 Å². The fraction of sp³-hybridized carbons (Fsp3) is 0.357. The second kappa shape index (κ2) is 5.80. The highest BCUT2D eigenvalue weighted by Gasteiger charge is 2.11. The Labute approximate surface area is 108 Å². The monoisotopic (exact) mass is 244 g/mol. The quantitative estimate of drug-likeness (QED) is 0.616. The predicted molar refractivity (Wildman–Crippen MR) is 72.9 cm³/mol. The van der Waals surface area contributed by atoms with Crippen LogP contribution in [0.1, 0.15) is 17.0 Å². The van der Waals surface area contributed by atoms with Crippen LogP contribution in [0.2, 0.25) is 0 Å². The van der Waals surface area contributed by atoms with E-state index >= 15 is 0 Å². The van der Waals surface area contributed by atoms with Crippen molar-refractivity contribution in [3.05, 3.63) is 53.6 Å². The van der Waals surface area contributed by atoms with E-state index in [2.05, 4.69) is 41.6 Å². The van der Waals surface area contributed by atoms with Gasteiger partial charge in [-0.05, 0) is 18.9 Å². The molecule has 96 valence electrons. The molecule has 2 aromatic rings. The molecule has 1 aromatic heterocycles. The summed E-state index contributed by atoms with van der Waals surface area (Å²) >= 11 is 0. The van der Waals surface area contributed by atoms with E-state index in [0.717, 1.165) is 18.7 Å². The van der Waals surface area contributed by atoms with Crippen molar-refractivity contribution in [1.82, 2.24) is 15.0 Å². The molecule has 0 saturated heterocycles. The molecule has 1 aromatic carbocycles. The summed E-state index contributed by atoms with van der Waals surface area (Å²) in [6.07, 6.45) is 5.50. The zero-order chi connectivity index (χ0) is 13.0. The van der Waals surface area contributed by atoms with Crippen LogP contribution in [0.4, 0.5) is 0 Å². The van der Waals surface area contributed by atoms with Gasteiger partial charge in [-0.25, -0.2) is 4.98 Å². The van der Waals surface area contributed by atoms with Crippen molar-refractivity contribution >= 4 is 0 Å². The summed E-state index contributed by atoms with van der Waals surface area (Å²) in [6.45, 7) is 2.09. The molecule has 0 radical (unpaired) electrons. The zero-order valence-corrected chi connectivity index (χ0v) is 10.9.